The van der Waals surface area contributed by atoms with Gasteiger partial charge in [-0.1, -0.05) is 6.07 Å². The van der Waals surface area contributed by atoms with E-state index in [-0.39, 0.29) is 11.9 Å². The van der Waals surface area contributed by atoms with Crippen LogP contribution in [0.4, 0.5) is 4.39 Å². The van der Waals surface area contributed by atoms with Gasteiger partial charge in [0.15, 0.2) is 0 Å². The monoisotopic (exact) mass is 194 g/mol. The van der Waals surface area contributed by atoms with E-state index < -0.39 is 0 Å². The quantitative estimate of drug-likeness (QED) is 0.571. The summed E-state index contributed by atoms with van der Waals surface area (Å²) in [5.74, 6) is 5.89. The van der Waals surface area contributed by atoms with Crippen molar-refractivity contribution in [3.8, 4) is 0 Å². The fourth-order valence-corrected chi connectivity index (χ4v) is 1.86. The van der Waals surface area contributed by atoms with Gasteiger partial charge in [-0.25, -0.2) is 4.39 Å². The second kappa shape index (κ2) is 3.67. The lowest BCUT2D eigenvalue weighted by Gasteiger charge is -2.17. The molecule has 1 unspecified atom stereocenters. The molecule has 1 saturated carbocycles. The number of nitrogens with two attached hydrogens (primary N) is 1. The van der Waals surface area contributed by atoms with Gasteiger partial charge in [0.25, 0.3) is 0 Å². The predicted molar refractivity (Wildman–Crippen MR) is 53.9 cm³/mol. The summed E-state index contributed by atoms with van der Waals surface area (Å²) in [6, 6.07) is 4.99. The second-order valence-electron chi connectivity index (χ2n) is 3.98. The van der Waals surface area contributed by atoms with E-state index >= 15 is 0 Å². The van der Waals surface area contributed by atoms with Crippen molar-refractivity contribution in [3.05, 3.63) is 35.1 Å². The van der Waals surface area contributed by atoms with Gasteiger partial charge in [-0.15, -0.1) is 0 Å². The number of nitrogens with one attached hydrogen (secondary N) is 1. The van der Waals surface area contributed by atoms with Gasteiger partial charge in [0.05, 0.1) is 0 Å². The van der Waals surface area contributed by atoms with E-state index in [0.29, 0.717) is 5.92 Å². The zero-order valence-corrected chi connectivity index (χ0v) is 8.26. The van der Waals surface area contributed by atoms with Crippen LogP contribution in [-0.4, -0.2) is 0 Å². The number of rotatable bonds is 3. The molecule has 0 spiro atoms. The van der Waals surface area contributed by atoms with Gasteiger partial charge >= 0.3 is 0 Å². The van der Waals surface area contributed by atoms with Crippen LogP contribution in [0, 0.1) is 18.7 Å². The summed E-state index contributed by atoms with van der Waals surface area (Å²) < 4.78 is 13.1. The molecule has 0 heterocycles. The molecule has 0 aliphatic heterocycles. The van der Waals surface area contributed by atoms with E-state index in [9.17, 15) is 4.39 Å². The largest absolute Gasteiger partial charge is 0.271 e. The summed E-state index contributed by atoms with van der Waals surface area (Å²) >= 11 is 0. The minimum atomic E-state index is -0.188. The van der Waals surface area contributed by atoms with Crippen LogP contribution in [0.3, 0.4) is 0 Å². The zero-order valence-electron chi connectivity index (χ0n) is 8.26. The Labute approximate surface area is 83.3 Å². The van der Waals surface area contributed by atoms with E-state index in [0.717, 1.165) is 11.1 Å². The molecule has 0 amide bonds. The maximum Gasteiger partial charge on any atom is 0.123 e. The predicted octanol–water partition coefficient (Wildman–Crippen LogP) is 2.05. The molecule has 1 aromatic rings. The maximum atomic E-state index is 13.1. The highest BCUT2D eigenvalue weighted by Gasteiger charge is 2.32. The molecular formula is C11H15FN2. The van der Waals surface area contributed by atoms with Crippen LogP contribution in [0.25, 0.3) is 0 Å². The molecule has 2 rings (SSSR count). The fraction of sp³-hybridized carbons (Fsp3) is 0.455. The molecule has 3 heteroatoms. The highest BCUT2D eigenvalue weighted by atomic mass is 19.1. The summed E-state index contributed by atoms with van der Waals surface area (Å²) in [5.41, 5.74) is 4.88. The van der Waals surface area contributed by atoms with E-state index in [1.807, 2.05) is 6.92 Å². The van der Waals surface area contributed by atoms with Crippen LogP contribution >= 0.6 is 0 Å². The Kier molecular flexibility index (Phi) is 2.52. The maximum absolute atomic E-state index is 13.1. The van der Waals surface area contributed by atoms with Gasteiger partial charge in [-0.3, -0.25) is 11.3 Å². The lowest BCUT2D eigenvalue weighted by molar-refractivity contribution is 0.490. The Morgan fingerprint density at radius 2 is 2.21 bits per heavy atom. The van der Waals surface area contributed by atoms with Crippen molar-refractivity contribution in [1.29, 1.82) is 0 Å². The number of halogens is 1. The van der Waals surface area contributed by atoms with Gasteiger partial charge in [-0.2, -0.15) is 0 Å². The zero-order chi connectivity index (χ0) is 10.1. The standard InChI is InChI=1S/C11H15FN2/c1-7-2-5-9(12)6-10(7)11(14-13)8-3-4-8/h2,5-6,8,11,14H,3-4,13H2,1H3. The van der Waals surface area contributed by atoms with Crippen molar-refractivity contribution < 1.29 is 4.39 Å². The SMILES string of the molecule is Cc1ccc(F)cc1C(NN)C1CC1. The molecule has 1 fully saturated rings. The summed E-state index contributed by atoms with van der Waals surface area (Å²) in [7, 11) is 0. The number of hydrogen-bond donors (Lipinski definition) is 2. The minimum absolute atomic E-state index is 0.116. The molecule has 0 bridgehead atoms. The van der Waals surface area contributed by atoms with Crippen LogP contribution in [0.15, 0.2) is 18.2 Å². The molecule has 1 aliphatic carbocycles. The highest BCUT2D eigenvalue weighted by molar-refractivity contribution is 5.30. The van der Waals surface area contributed by atoms with E-state index in [1.54, 1.807) is 12.1 Å². The minimum Gasteiger partial charge on any atom is -0.271 e. The van der Waals surface area contributed by atoms with Crippen LogP contribution < -0.4 is 11.3 Å². The van der Waals surface area contributed by atoms with Crippen molar-refractivity contribution in [2.24, 2.45) is 11.8 Å². The first kappa shape index (κ1) is 9.62. The molecule has 1 aromatic carbocycles. The van der Waals surface area contributed by atoms with Crippen LogP contribution in [0.2, 0.25) is 0 Å². The number of hydrazine groups is 1. The summed E-state index contributed by atoms with van der Waals surface area (Å²) in [6.45, 7) is 1.99. The van der Waals surface area contributed by atoms with Gasteiger partial charge in [-0.05, 0) is 48.9 Å². The Morgan fingerprint density at radius 1 is 1.50 bits per heavy atom. The molecular weight excluding hydrogens is 179 g/mol. The lowest BCUT2D eigenvalue weighted by atomic mass is 9.98. The molecule has 0 saturated heterocycles. The molecule has 76 valence electrons. The number of aryl methyl sites for hydroxylation is 1. The topological polar surface area (TPSA) is 38.0 Å². The van der Waals surface area contributed by atoms with E-state index in [4.69, 9.17) is 5.84 Å². The van der Waals surface area contributed by atoms with Crippen molar-refractivity contribution in [3.63, 3.8) is 0 Å². The second-order valence-corrected chi connectivity index (χ2v) is 3.98. The molecule has 3 N–H and O–H groups in total. The van der Waals surface area contributed by atoms with Crippen molar-refractivity contribution in [2.45, 2.75) is 25.8 Å². The number of benzene rings is 1. The lowest BCUT2D eigenvalue weighted by Crippen LogP contribution is -2.30. The van der Waals surface area contributed by atoms with Crippen LogP contribution in [0.1, 0.15) is 30.0 Å². The first-order chi connectivity index (χ1) is 6.72. The first-order valence-electron chi connectivity index (χ1n) is 4.94. The highest BCUT2D eigenvalue weighted by Crippen LogP contribution is 2.41. The Hall–Kier alpha value is -0.930. The molecule has 0 aromatic heterocycles. The van der Waals surface area contributed by atoms with Gasteiger partial charge in [0.1, 0.15) is 5.82 Å². The van der Waals surface area contributed by atoms with Gasteiger partial charge < -0.3 is 0 Å². The van der Waals surface area contributed by atoms with Crippen molar-refractivity contribution in [2.75, 3.05) is 0 Å². The molecule has 1 aliphatic rings. The summed E-state index contributed by atoms with van der Waals surface area (Å²) in [4.78, 5) is 0. The number of hydrogen-bond acceptors (Lipinski definition) is 2. The van der Waals surface area contributed by atoms with E-state index in [1.165, 1.54) is 18.9 Å². The Balaban J connectivity index is 2.32. The van der Waals surface area contributed by atoms with Gasteiger partial charge in [0.2, 0.25) is 0 Å². The third-order valence-electron chi connectivity index (χ3n) is 2.85. The Morgan fingerprint density at radius 3 is 2.79 bits per heavy atom. The third kappa shape index (κ3) is 1.79. The molecule has 2 nitrogen and oxygen atoms in total. The third-order valence-corrected chi connectivity index (χ3v) is 2.85. The Bertz CT molecular complexity index is 334. The van der Waals surface area contributed by atoms with Crippen molar-refractivity contribution >= 4 is 0 Å². The average molecular weight is 194 g/mol. The average Bonchev–Trinajstić information content (AvgIpc) is 2.96. The fourth-order valence-electron chi connectivity index (χ4n) is 1.86. The molecule has 14 heavy (non-hydrogen) atoms. The molecule has 1 atom stereocenters. The summed E-state index contributed by atoms with van der Waals surface area (Å²) in [6.07, 6.45) is 2.37. The van der Waals surface area contributed by atoms with E-state index in [2.05, 4.69) is 5.43 Å². The van der Waals surface area contributed by atoms with Gasteiger partial charge in [0, 0.05) is 6.04 Å². The molecule has 0 radical (unpaired) electrons. The van der Waals surface area contributed by atoms with Crippen LogP contribution in [0.5, 0.6) is 0 Å². The normalized spacial score (nSPS) is 18.2. The van der Waals surface area contributed by atoms with Crippen molar-refractivity contribution in [1.82, 2.24) is 5.43 Å². The summed E-state index contributed by atoms with van der Waals surface area (Å²) in [5, 5.41) is 0. The first-order valence-corrected chi connectivity index (χ1v) is 4.94. The van der Waals surface area contributed by atoms with Crippen LogP contribution in [-0.2, 0) is 0 Å². The smallest absolute Gasteiger partial charge is 0.123 e.